The van der Waals surface area contributed by atoms with Crippen molar-refractivity contribution in [1.29, 1.82) is 0 Å². The number of hydrogen-bond donors (Lipinski definition) is 1. The molecule has 2 aromatic rings. The summed E-state index contributed by atoms with van der Waals surface area (Å²) in [7, 11) is 0. The quantitative estimate of drug-likeness (QED) is 0.920. The highest BCUT2D eigenvalue weighted by molar-refractivity contribution is 7.97. The second-order valence-electron chi connectivity index (χ2n) is 4.42. The van der Waals surface area contributed by atoms with Crippen LogP contribution in [-0.4, -0.2) is 22.9 Å². The molecular formula is C13H15N3OS. The van der Waals surface area contributed by atoms with Gasteiger partial charge in [0.25, 0.3) is 0 Å². The number of para-hydroxylation sites is 1. The van der Waals surface area contributed by atoms with Gasteiger partial charge in [-0.2, -0.15) is 16.7 Å². The van der Waals surface area contributed by atoms with Crippen molar-refractivity contribution in [1.82, 2.24) is 10.1 Å². The molecule has 0 radical (unpaired) electrons. The average molecular weight is 261 g/mol. The second-order valence-corrected chi connectivity index (χ2v) is 5.29. The van der Waals surface area contributed by atoms with Crippen LogP contribution < -0.4 is 5.32 Å². The third-order valence-electron chi connectivity index (χ3n) is 3.13. The summed E-state index contributed by atoms with van der Waals surface area (Å²) >= 11 is 1.70. The van der Waals surface area contributed by atoms with Crippen LogP contribution in [-0.2, 0) is 12.2 Å². The topological polar surface area (TPSA) is 51.0 Å². The molecule has 3 rings (SSSR count). The van der Waals surface area contributed by atoms with Crippen molar-refractivity contribution in [2.45, 2.75) is 18.1 Å². The van der Waals surface area contributed by atoms with Crippen molar-refractivity contribution >= 4 is 17.4 Å². The Hall–Kier alpha value is -1.49. The fourth-order valence-electron chi connectivity index (χ4n) is 2.24. The van der Waals surface area contributed by atoms with E-state index < -0.39 is 0 Å². The van der Waals surface area contributed by atoms with Crippen LogP contribution in [0.15, 0.2) is 28.8 Å². The van der Waals surface area contributed by atoms with Gasteiger partial charge in [0, 0.05) is 12.2 Å². The van der Waals surface area contributed by atoms with Crippen LogP contribution >= 0.6 is 11.8 Å². The normalized spacial score (nSPS) is 18.2. The molecule has 1 aliphatic rings. The number of fused-ring (bicyclic) bond motifs is 1. The molecule has 1 atom stereocenters. The van der Waals surface area contributed by atoms with E-state index in [1.807, 2.05) is 6.26 Å². The maximum atomic E-state index is 5.36. The van der Waals surface area contributed by atoms with Gasteiger partial charge in [-0.1, -0.05) is 23.4 Å². The Balaban J connectivity index is 1.78. The van der Waals surface area contributed by atoms with E-state index in [0.717, 1.165) is 30.4 Å². The molecule has 18 heavy (non-hydrogen) atoms. The summed E-state index contributed by atoms with van der Waals surface area (Å²) in [6.07, 6.45) is 3.00. The molecule has 0 spiro atoms. The van der Waals surface area contributed by atoms with Gasteiger partial charge in [-0.25, -0.2) is 0 Å². The van der Waals surface area contributed by atoms with E-state index in [4.69, 9.17) is 4.52 Å². The molecule has 1 aromatic heterocycles. The van der Waals surface area contributed by atoms with Gasteiger partial charge in [0.2, 0.25) is 5.89 Å². The Bertz CT molecular complexity index is 541. The minimum absolute atomic E-state index is 0.281. The first-order valence-electron chi connectivity index (χ1n) is 6.00. The summed E-state index contributed by atoms with van der Waals surface area (Å²) < 4.78 is 5.36. The predicted molar refractivity (Wildman–Crippen MR) is 72.9 cm³/mol. The predicted octanol–water partition coefficient (Wildman–Crippen LogP) is 2.68. The molecule has 0 saturated heterocycles. The first kappa shape index (κ1) is 11.6. The van der Waals surface area contributed by atoms with Crippen LogP contribution in [0.3, 0.4) is 0 Å². The fraction of sp³-hybridized carbons (Fsp3) is 0.385. The van der Waals surface area contributed by atoms with E-state index in [2.05, 4.69) is 39.7 Å². The fourth-order valence-corrected chi connectivity index (χ4v) is 2.61. The number of benzene rings is 1. The second kappa shape index (κ2) is 5.02. The van der Waals surface area contributed by atoms with Gasteiger partial charge >= 0.3 is 0 Å². The average Bonchev–Trinajstić information content (AvgIpc) is 2.87. The van der Waals surface area contributed by atoms with Gasteiger partial charge in [0.15, 0.2) is 5.82 Å². The first-order chi connectivity index (χ1) is 8.86. The third kappa shape index (κ3) is 2.22. The van der Waals surface area contributed by atoms with Gasteiger partial charge in [-0.15, -0.1) is 0 Å². The number of nitrogens with one attached hydrogen (secondary N) is 1. The first-order valence-corrected chi connectivity index (χ1v) is 7.39. The molecule has 0 bridgehead atoms. The molecule has 2 heterocycles. The van der Waals surface area contributed by atoms with E-state index >= 15 is 0 Å². The zero-order valence-electron chi connectivity index (χ0n) is 10.2. The van der Waals surface area contributed by atoms with Crippen molar-refractivity contribution in [3.8, 4) is 0 Å². The molecule has 5 heteroatoms. The van der Waals surface area contributed by atoms with E-state index in [-0.39, 0.29) is 5.92 Å². The van der Waals surface area contributed by atoms with Gasteiger partial charge in [0.05, 0.1) is 11.7 Å². The van der Waals surface area contributed by atoms with Crippen molar-refractivity contribution in [2.75, 3.05) is 18.1 Å². The third-order valence-corrected chi connectivity index (χ3v) is 3.68. The summed E-state index contributed by atoms with van der Waals surface area (Å²) in [4.78, 5) is 4.46. The number of thioether (sulfide) groups is 1. The van der Waals surface area contributed by atoms with Crippen molar-refractivity contribution in [3.63, 3.8) is 0 Å². The van der Waals surface area contributed by atoms with Gasteiger partial charge < -0.3 is 9.84 Å². The molecule has 4 nitrogen and oxygen atoms in total. The molecule has 0 amide bonds. The molecule has 0 saturated carbocycles. The molecule has 1 aliphatic heterocycles. The summed E-state index contributed by atoms with van der Waals surface area (Å²) in [5.74, 6) is 2.63. The highest BCUT2D eigenvalue weighted by atomic mass is 32.2. The molecule has 94 valence electrons. The van der Waals surface area contributed by atoms with Crippen LogP contribution in [0.1, 0.15) is 23.2 Å². The SMILES string of the molecule is CSCc1noc(C2CNc3ccccc3C2)n1. The van der Waals surface area contributed by atoms with Gasteiger partial charge in [-0.3, -0.25) is 0 Å². The minimum Gasteiger partial charge on any atom is -0.384 e. The van der Waals surface area contributed by atoms with Crippen molar-refractivity contribution in [2.24, 2.45) is 0 Å². The maximum absolute atomic E-state index is 5.36. The van der Waals surface area contributed by atoms with E-state index in [9.17, 15) is 0 Å². The highest BCUT2D eigenvalue weighted by Crippen LogP contribution is 2.29. The lowest BCUT2D eigenvalue weighted by atomic mass is 9.94. The maximum Gasteiger partial charge on any atom is 0.231 e. The summed E-state index contributed by atoms with van der Waals surface area (Å²) in [5.41, 5.74) is 2.54. The van der Waals surface area contributed by atoms with Crippen LogP contribution in [0.2, 0.25) is 0 Å². The number of anilines is 1. The summed E-state index contributed by atoms with van der Waals surface area (Å²) in [6, 6.07) is 8.37. The minimum atomic E-state index is 0.281. The smallest absolute Gasteiger partial charge is 0.231 e. The zero-order chi connectivity index (χ0) is 12.4. The Morgan fingerprint density at radius 3 is 3.22 bits per heavy atom. The lowest BCUT2D eigenvalue weighted by molar-refractivity contribution is 0.351. The molecule has 0 aliphatic carbocycles. The molecule has 1 unspecified atom stereocenters. The van der Waals surface area contributed by atoms with Gasteiger partial charge in [-0.05, 0) is 24.3 Å². The Labute approximate surface area is 110 Å². The van der Waals surface area contributed by atoms with E-state index in [1.54, 1.807) is 11.8 Å². The zero-order valence-corrected chi connectivity index (χ0v) is 11.0. The number of nitrogens with zero attached hydrogens (tertiary/aromatic N) is 2. The molecular weight excluding hydrogens is 246 g/mol. The van der Waals surface area contributed by atoms with Crippen LogP contribution in [0, 0.1) is 0 Å². The molecule has 1 aromatic carbocycles. The number of hydrogen-bond acceptors (Lipinski definition) is 5. The standard InChI is InChI=1S/C13H15N3OS/c1-18-8-12-15-13(17-16-12)10-6-9-4-2-3-5-11(9)14-7-10/h2-5,10,14H,6-8H2,1H3. The lowest BCUT2D eigenvalue weighted by Gasteiger charge is -2.23. The molecule has 1 N–H and O–H groups in total. The Morgan fingerprint density at radius 1 is 1.44 bits per heavy atom. The molecule has 0 fully saturated rings. The van der Waals surface area contributed by atoms with Crippen molar-refractivity contribution < 1.29 is 4.52 Å². The Morgan fingerprint density at radius 2 is 2.33 bits per heavy atom. The summed E-state index contributed by atoms with van der Waals surface area (Å²) in [6.45, 7) is 0.859. The van der Waals surface area contributed by atoms with Crippen LogP contribution in [0.4, 0.5) is 5.69 Å². The monoisotopic (exact) mass is 261 g/mol. The highest BCUT2D eigenvalue weighted by Gasteiger charge is 2.24. The van der Waals surface area contributed by atoms with Gasteiger partial charge in [0.1, 0.15) is 0 Å². The van der Waals surface area contributed by atoms with E-state index in [1.165, 1.54) is 11.3 Å². The van der Waals surface area contributed by atoms with Crippen LogP contribution in [0.25, 0.3) is 0 Å². The van der Waals surface area contributed by atoms with Crippen LogP contribution in [0.5, 0.6) is 0 Å². The largest absolute Gasteiger partial charge is 0.384 e. The number of aromatic nitrogens is 2. The van der Waals surface area contributed by atoms with Crippen molar-refractivity contribution in [3.05, 3.63) is 41.5 Å². The lowest BCUT2D eigenvalue weighted by Crippen LogP contribution is -2.21. The summed E-state index contributed by atoms with van der Waals surface area (Å²) in [5, 5.41) is 7.42. The Kier molecular flexibility index (Phi) is 3.23. The number of rotatable bonds is 3. The van der Waals surface area contributed by atoms with E-state index in [0.29, 0.717) is 0 Å².